The molecule has 0 unspecified atom stereocenters. The van der Waals surface area contributed by atoms with E-state index in [-0.39, 0.29) is 30.8 Å². The molecule has 4 rings (SSSR count). The lowest BCUT2D eigenvalue weighted by Crippen LogP contribution is -2.52. The van der Waals surface area contributed by atoms with Crippen molar-refractivity contribution in [1.82, 2.24) is 15.1 Å². The summed E-state index contributed by atoms with van der Waals surface area (Å²) in [7, 11) is 0. The van der Waals surface area contributed by atoms with Crippen molar-refractivity contribution in [3.8, 4) is 5.75 Å². The van der Waals surface area contributed by atoms with Gasteiger partial charge in [-0.2, -0.15) is 0 Å². The zero-order valence-corrected chi connectivity index (χ0v) is 22.5. The number of benzene rings is 3. The number of rotatable bonds is 12. The van der Waals surface area contributed by atoms with Gasteiger partial charge in [-0.3, -0.25) is 14.5 Å². The third-order valence-electron chi connectivity index (χ3n) is 6.56. The number of ether oxygens (including phenoxy) is 2. The van der Waals surface area contributed by atoms with Crippen LogP contribution in [-0.2, 0) is 27.3 Å². The van der Waals surface area contributed by atoms with E-state index in [1.54, 1.807) is 36.4 Å². The van der Waals surface area contributed by atoms with E-state index in [4.69, 9.17) is 21.1 Å². The molecule has 2 amide bonds. The van der Waals surface area contributed by atoms with Crippen LogP contribution < -0.4 is 10.1 Å². The first-order chi connectivity index (χ1) is 19.0. The fraction of sp³-hybridized carbons (Fsp3) is 0.333. The Bertz CT molecular complexity index is 1210. The van der Waals surface area contributed by atoms with Crippen molar-refractivity contribution in [1.29, 1.82) is 0 Å². The van der Waals surface area contributed by atoms with E-state index in [1.807, 2.05) is 30.3 Å². The van der Waals surface area contributed by atoms with Crippen LogP contribution in [0.25, 0.3) is 0 Å². The number of amides is 2. The van der Waals surface area contributed by atoms with Crippen molar-refractivity contribution < 1.29 is 23.5 Å². The second-order valence-corrected chi connectivity index (χ2v) is 9.72. The Morgan fingerprint density at radius 2 is 1.67 bits per heavy atom. The number of carbonyl (C=O) groups is 2. The lowest BCUT2D eigenvalue weighted by molar-refractivity contribution is -0.142. The first kappa shape index (κ1) is 28.5. The molecule has 1 atom stereocenters. The molecule has 1 aliphatic heterocycles. The van der Waals surface area contributed by atoms with Crippen molar-refractivity contribution in [2.75, 3.05) is 46.0 Å². The van der Waals surface area contributed by atoms with E-state index in [2.05, 4.69) is 10.2 Å². The lowest BCUT2D eigenvalue weighted by Gasteiger charge is -2.32. The monoisotopic (exact) mass is 553 g/mol. The predicted octanol–water partition coefficient (Wildman–Crippen LogP) is 3.95. The van der Waals surface area contributed by atoms with Crippen molar-refractivity contribution in [2.45, 2.75) is 19.0 Å². The van der Waals surface area contributed by atoms with Gasteiger partial charge in [-0.15, -0.1) is 0 Å². The Kier molecular flexibility index (Phi) is 10.7. The van der Waals surface area contributed by atoms with E-state index in [1.165, 1.54) is 17.0 Å². The minimum Gasteiger partial charge on any atom is -0.482 e. The summed E-state index contributed by atoms with van der Waals surface area (Å²) in [5, 5.41) is 3.41. The Morgan fingerprint density at radius 1 is 0.974 bits per heavy atom. The van der Waals surface area contributed by atoms with Gasteiger partial charge in [-0.1, -0.05) is 66.2 Å². The number of hydrogen-bond acceptors (Lipinski definition) is 5. The lowest BCUT2D eigenvalue weighted by atomic mass is 10.0. The molecule has 1 saturated heterocycles. The summed E-state index contributed by atoms with van der Waals surface area (Å²) < 4.78 is 24.7. The molecular weight excluding hydrogens is 521 g/mol. The van der Waals surface area contributed by atoms with E-state index >= 15 is 0 Å². The molecular formula is C30H33ClFN3O4. The van der Waals surface area contributed by atoms with Gasteiger partial charge in [0.1, 0.15) is 17.6 Å². The van der Waals surface area contributed by atoms with Crippen LogP contribution in [0.1, 0.15) is 11.1 Å². The third-order valence-corrected chi connectivity index (χ3v) is 6.87. The Hall–Kier alpha value is -3.46. The molecule has 7 nitrogen and oxygen atoms in total. The maximum absolute atomic E-state index is 13.6. The maximum atomic E-state index is 13.6. The highest BCUT2D eigenvalue weighted by atomic mass is 35.5. The van der Waals surface area contributed by atoms with E-state index in [9.17, 15) is 14.0 Å². The molecule has 39 heavy (non-hydrogen) atoms. The summed E-state index contributed by atoms with van der Waals surface area (Å²) in [6, 6.07) is 21.5. The highest BCUT2D eigenvalue weighted by Gasteiger charge is 2.31. The number of morpholine rings is 1. The van der Waals surface area contributed by atoms with Gasteiger partial charge in [0.25, 0.3) is 5.91 Å². The smallest absolute Gasteiger partial charge is 0.261 e. The second-order valence-electron chi connectivity index (χ2n) is 9.32. The summed E-state index contributed by atoms with van der Waals surface area (Å²) in [6.07, 6.45) is 0.309. The Labute approximate surface area is 233 Å². The highest BCUT2D eigenvalue weighted by Crippen LogP contribution is 2.23. The van der Waals surface area contributed by atoms with Crippen LogP contribution in [0.15, 0.2) is 78.9 Å². The van der Waals surface area contributed by atoms with Crippen LogP contribution in [0.4, 0.5) is 4.39 Å². The molecule has 1 aliphatic rings. The molecule has 206 valence electrons. The number of nitrogens with zero attached hydrogens (tertiary/aromatic N) is 2. The van der Waals surface area contributed by atoms with E-state index < -0.39 is 6.04 Å². The molecule has 0 saturated carbocycles. The van der Waals surface area contributed by atoms with Gasteiger partial charge in [0.05, 0.1) is 18.2 Å². The van der Waals surface area contributed by atoms with Crippen molar-refractivity contribution in [2.24, 2.45) is 0 Å². The first-order valence-electron chi connectivity index (χ1n) is 13.0. The minimum absolute atomic E-state index is 0.110. The Balaban J connectivity index is 1.54. The van der Waals surface area contributed by atoms with Crippen LogP contribution in [0.2, 0.25) is 5.02 Å². The number of hydrogen-bond donors (Lipinski definition) is 1. The number of nitrogens with one attached hydrogen (secondary N) is 1. The van der Waals surface area contributed by atoms with Crippen LogP contribution in [-0.4, -0.2) is 73.7 Å². The van der Waals surface area contributed by atoms with Crippen LogP contribution in [0.5, 0.6) is 5.75 Å². The molecule has 0 bridgehead atoms. The minimum atomic E-state index is -0.815. The zero-order chi connectivity index (χ0) is 27.5. The molecule has 1 N–H and O–H groups in total. The van der Waals surface area contributed by atoms with Gasteiger partial charge in [0.2, 0.25) is 5.91 Å². The van der Waals surface area contributed by atoms with Crippen LogP contribution >= 0.6 is 11.6 Å². The standard InChI is InChI=1S/C30H33ClFN3O4/c31-26-8-4-5-9-28(26)39-22-29(36)35(21-24-10-12-25(32)13-11-24)27(20-23-6-2-1-3-7-23)30(37)33-14-15-34-16-18-38-19-17-34/h1-13,27H,14-22H2,(H,33,37)/t27-/m0/s1. The van der Waals surface area contributed by atoms with Gasteiger partial charge in [-0.25, -0.2) is 4.39 Å². The maximum Gasteiger partial charge on any atom is 0.261 e. The molecule has 9 heteroatoms. The van der Waals surface area contributed by atoms with Gasteiger partial charge in [-0.05, 0) is 35.4 Å². The molecule has 0 aliphatic carbocycles. The normalized spacial score (nSPS) is 14.4. The summed E-state index contributed by atoms with van der Waals surface area (Å²) >= 11 is 6.21. The van der Waals surface area contributed by atoms with E-state index in [0.29, 0.717) is 49.1 Å². The molecule has 0 radical (unpaired) electrons. The summed E-state index contributed by atoms with van der Waals surface area (Å²) in [5.74, 6) is -0.645. The Morgan fingerprint density at radius 3 is 2.38 bits per heavy atom. The molecule has 3 aromatic rings. The van der Waals surface area contributed by atoms with Gasteiger partial charge < -0.3 is 19.7 Å². The van der Waals surface area contributed by atoms with Crippen molar-refractivity contribution in [3.63, 3.8) is 0 Å². The van der Waals surface area contributed by atoms with Crippen LogP contribution in [0.3, 0.4) is 0 Å². The molecule has 1 fully saturated rings. The van der Waals surface area contributed by atoms with Crippen molar-refractivity contribution >= 4 is 23.4 Å². The third kappa shape index (κ3) is 8.78. The van der Waals surface area contributed by atoms with E-state index in [0.717, 1.165) is 18.7 Å². The quantitative estimate of drug-likeness (QED) is 0.368. The van der Waals surface area contributed by atoms with Gasteiger partial charge in [0.15, 0.2) is 6.61 Å². The SMILES string of the molecule is O=C(NCCN1CCOCC1)[C@H](Cc1ccccc1)N(Cc1ccc(F)cc1)C(=O)COc1ccccc1Cl. The van der Waals surface area contributed by atoms with Gasteiger partial charge in [0, 0.05) is 39.1 Å². The zero-order valence-electron chi connectivity index (χ0n) is 21.7. The summed E-state index contributed by atoms with van der Waals surface area (Å²) in [4.78, 5) is 31.0. The summed E-state index contributed by atoms with van der Waals surface area (Å²) in [5.41, 5.74) is 1.61. The largest absolute Gasteiger partial charge is 0.482 e. The molecule has 1 heterocycles. The van der Waals surface area contributed by atoms with Crippen LogP contribution in [0, 0.1) is 5.82 Å². The number of para-hydroxylation sites is 1. The highest BCUT2D eigenvalue weighted by molar-refractivity contribution is 6.32. The predicted molar refractivity (Wildman–Crippen MR) is 148 cm³/mol. The fourth-order valence-electron chi connectivity index (χ4n) is 4.40. The average Bonchev–Trinajstić information content (AvgIpc) is 2.96. The van der Waals surface area contributed by atoms with Crippen molar-refractivity contribution in [3.05, 3.63) is 101 Å². The topological polar surface area (TPSA) is 71.1 Å². The second kappa shape index (κ2) is 14.6. The number of carbonyl (C=O) groups excluding carboxylic acids is 2. The molecule has 3 aromatic carbocycles. The average molecular weight is 554 g/mol. The molecule has 0 aromatic heterocycles. The molecule has 0 spiro atoms. The first-order valence-corrected chi connectivity index (χ1v) is 13.4. The van der Waals surface area contributed by atoms with Gasteiger partial charge >= 0.3 is 0 Å². The summed E-state index contributed by atoms with van der Waals surface area (Å²) in [6.45, 7) is 3.92. The number of halogens is 2. The fourth-order valence-corrected chi connectivity index (χ4v) is 4.59.